The molecule has 0 saturated carbocycles. The van der Waals surface area contributed by atoms with Crippen molar-refractivity contribution in [3.05, 3.63) is 29.5 Å². The molecule has 3 nitrogen and oxygen atoms in total. The number of aryl methyl sites for hydroxylation is 2. The molecule has 0 amide bonds. The monoisotopic (exact) mass is 200 g/mol. The minimum atomic E-state index is 0.707. The smallest absolute Gasteiger partial charge is 0.123 e. The van der Waals surface area contributed by atoms with Gasteiger partial charge in [-0.1, -0.05) is 0 Å². The van der Waals surface area contributed by atoms with Gasteiger partial charge in [-0.25, -0.2) is 0 Å². The fourth-order valence-electron chi connectivity index (χ4n) is 1.89. The van der Waals surface area contributed by atoms with Gasteiger partial charge in [0.05, 0.1) is 7.11 Å². The first-order valence-corrected chi connectivity index (χ1v) is 4.72. The van der Waals surface area contributed by atoms with Crippen LogP contribution < -0.4 is 4.74 Å². The Balaban J connectivity index is 2.85. The van der Waals surface area contributed by atoms with E-state index in [1.54, 1.807) is 7.11 Å². The van der Waals surface area contributed by atoms with Crippen LogP contribution in [0.15, 0.2) is 18.2 Å². The van der Waals surface area contributed by atoms with Gasteiger partial charge < -0.3 is 9.30 Å². The van der Waals surface area contributed by atoms with Gasteiger partial charge in [0.2, 0.25) is 0 Å². The van der Waals surface area contributed by atoms with Crippen LogP contribution in [0.1, 0.15) is 11.3 Å². The van der Waals surface area contributed by atoms with Gasteiger partial charge in [-0.3, -0.25) is 0 Å². The van der Waals surface area contributed by atoms with Crippen molar-refractivity contribution in [2.24, 2.45) is 7.05 Å². The summed E-state index contributed by atoms with van der Waals surface area (Å²) in [4.78, 5) is 0. The SMILES string of the molecule is COc1ccc2c(c1)c(C)c(C#N)n2C. The Bertz CT molecular complexity index is 561. The van der Waals surface area contributed by atoms with Crippen LogP contribution in [0.3, 0.4) is 0 Å². The molecule has 0 fully saturated rings. The van der Waals surface area contributed by atoms with E-state index in [1.807, 2.05) is 36.7 Å². The van der Waals surface area contributed by atoms with E-state index in [-0.39, 0.29) is 0 Å². The van der Waals surface area contributed by atoms with Crippen molar-refractivity contribution in [3.63, 3.8) is 0 Å². The summed E-state index contributed by atoms with van der Waals surface area (Å²) < 4.78 is 7.07. The molecule has 1 aromatic carbocycles. The summed E-state index contributed by atoms with van der Waals surface area (Å²) in [5.74, 6) is 0.820. The third-order valence-corrected chi connectivity index (χ3v) is 2.77. The standard InChI is InChI=1S/C12H12N2O/c1-8-10-6-9(15-3)4-5-11(10)14(2)12(8)7-13/h4-6H,1-3H3. The molecule has 0 aliphatic heterocycles. The molecule has 0 N–H and O–H groups in total. The molecule has 15 heavy (non-hydrogen) atoms. The van der Waals surface area contributed by atoms with Gasteiger partial charge in [0.25, 0.3) is 0 Å². The number of aromatic nitrogens is 1. The second-order valence-electron chi connectivity index (χ2n) is 3.53. The lowest BCUT2D eigenvalue weighted by molar-refractivity contribution is 0.415. The summed E-state index contributed by atoms with van der Waals surface area (Å²) in [6, 6.07) is 8.06. The Hall–Kier alpha value is -1.95. The molecule has 0 radical (unpaired) electrons. The van der Waals surface area contributed by atoms with E-state index in [2.05, 4.69) is 6.07 Å². The fourth-order valence-corrected chi connectivity index (χ4v) is 1.89. The molecule has 0 atom stereocenters. The second-order valence-corrected chi connectivity index (χ2v) is 3.53. The molecule has 0 aliphatic carbocycles. The Morgan fingerprint density at radius 3 is 2.73 bits per heavy atom. The van der Waals surface area contributed by atoms with Crippen molar-refractivity contribution in [2.75, 3.05) is 7.11 Å². The molecule has 2 aromatic rings. The number of fused-ring (bicyclic) bond motifs is 1. The van der Waals surface area contributed by atoms with Crippen LogP contribution in [0.25, 0.3) is 10.9 Å². The van der Waals surface area contributed by atoms with Crippen molar-refractivity contribution >= 4 is 10.9 Å². The van der Waals surface area contributed by atoms with Crippen molar-refractivity contribution < 1.29 is 4.74 Å². The quantitative estimate of drug-likeness (QED) is 0.708. The second kappa shape index (κ2) is 3.32. The molecule has 3 heteroatoms. The van der Waals surface area contributed by atoms with Gasteiger partial charge in [-0.2, -0.15) is 5.26 Å². The molecule has 1 aromatic heterocycles. The first-order chi connectivity index (χ1) is 7.19. The number of nitrogens with zero attached hydrogens (tertiary/aromatic N) is 2. The van der Waals surface area contributed by atoms with E-state index in [0.717, 1.165) is 22.2 Å². The van der Waals surface area contributed by atoms with E-state index in [0.29, 0.717) is 5.69 Å². The Kier molecular flexibility index (Phi) is 2.12. The summed E-state index contributed by atoms with van der Waals surface area (Å²) in [6.07, 6.45) is 0. The molecule has 0 aliphatic rings. The van der Waals surface area contributed by atoms with Crippen molar-refractivity contribution in [2.45, 2.75) is 6.92 Å². The van der Waals surface area contributed by atoms with Gasteiger partial charge in [-0.05, 0) is 30.7 Å². The number of benzene rings is 1. The number of rotatable bonds is 1. The molecular weight excluding hydrogens is 188 g/mol. The largest absolute Gasteiger partial charge is 0.497 e. The third-order valence-electron chi connectivity index (χ3n) is 2.77. The average molecular weight is 200 g/mol. The van der Waals surface area contributed by atoms with Gasteiger partial charge in [0.15, 0.2) is 0 Å². The fraction of sp³-hybridized carbons (Fsp3) is 0.250. The first kappa shape index (κ1) is 9.60. The predicted octanol–water partition coefficient (Wildman–Crippen LogP) is 2.37. The molecule has 1 heterocycles. The lowest BCUT2D eigenvalue weighted by atomic mass is 10.1. The maximum atomic E-state index is 9.02. The topological polar surface area (TPSA) is 37.9 Å². The van der Waals surface area contributed by atoms with E-state index >= 15 is 0 Å². The van der Waals surface area contributed by atoms with E-state index < -0.39 is 0 Å². The number of ether oxygens (including phenoxy) is 1. The third kappa shape index (κ3) is 1.26. The summed E-state index contributed by atoms with van der Waals surface area (Å²) in [5.41, 5.74) is 2.78. The van der Waals surface area contributed by atoms with Crippen LogP contribution in [-0.4, -0.2) is 11.7 Å². The minimum Gasteiger partial charge on any atom is -0.497 e. The molecule has 76 valence electrons. The van der Waals surface area contributed by atoms with Crippen molar-refractivity contribution in [1.82, 2.24) is 4.57 Å². The van der Waals surface area contributed by atoms with Crippen LogP contribution in [-0.2, 0) is 7.05 Å². The number of methoxy groups -OCH3 is 1. The first-order valence-electron chi connectivity index (χ1n) is 4.72. The lowest BCUT2D eigenvalue weighted by Crippen LogP contribution is -1.91. The zero-order valence-electron chi connectivity index (χ0n) is 9.03. The summed E-state index contributed by atoms with van der Waals surface area (Å²) in [7, 11) is 3.55. The highest BCUT2D eigenvalue weighted by molar-refractivity contribution is 5.87. The molecule has 2 rings (SSSR count). The summed E-state index contributed by atoms with van der Waals surface area (Å²) >= 11 is 0. The van der Waals surface area contributed by atoms with Gasteiger partial charge in [0, 0.05) is 18.0 Å². The maximum Gasteiger partial charge on any atom is 0.123 e. The summed E-state index contributed by atoms with van der Waals surface area (Å²) in [5, 5.41) is 10.1. The van der Waals surface area contributed by atoms with E-state index in [9.17, 15) is 0 Å². The number of hydrogen-bond acceptors (Lipinski definition) is 2. The van der Waals surface area contributed by atoms with Crippen LogP contribution in [0.4, 0.5) is 0 Å². The molecule has 0 bridgehead atoms. The van der Waals surface area contributed by atoms with Crippen LogP contribution in [0, 0.1) is 18.3 Å². The van der Waals surface area contributed by atoms with Gasteiger partial charge in [0.1, 0.15) is 17.5 Å². The highest BCUT2D eigenvalue weighted by Crippen LogP contribution is 2.27. The Morgan fingerprint density at radius 2 is 2.13 bits per heavy atom. The normalized spacial score (nSPS) is 10.3. The molecule has 0 unspecified atom stereocenters. The molecule has 0 saturated heterocycles. The Morgan fingerprint density at radius 1 is 1.40 bits per heavy atom. The lowest BCUT2D eigenvalue weighted by Gasteiger charge is -2.00. The number of nitriles is 1. The van der Waals surface area contributed by atoms with Crippen LogP contribution in [0.2, 0.25) is 0 Å². The molecular formula is C12H12N2O. The predicted molar refractivity (Wildman–Crippen MR) is 58.9 cm³/mol. The van der Waals surface area contributed by atoms with Crippen molar-refractivity contribution in [1.29, 1.82) is 5.26 Å². The van der Waals surface area contributed by atoms with Crippen LogP contribution in [0.5, 0.6) is 5.75 Å². The van der Waals surface area contributed by atoms with Gasteiger partial charge >= 0.3 is 0 Å². The highest BCUT2D eigenvalue weighted by Gasteiger charge is 2.11. The van der Waals surface area contributed by atoms with E-state index in [1.165, 1.54) is 0 Å². The summed E-state index contributed by atoms with van der Waals surface area (Å²) in [6.45, 7) is 1.96. The zero-order valence-corrected chi connectivity index (χ0v) is 9.03. The number of hydrogen-bond donors (Lipinski definition) is 0. The Labute approximate surface area is 88.5 Å². The van der Waals surface area contributed by atoms with Crippen molar-refractivity contribution in [3.8, 4) is 11.8 Å². The van der Waals surface area contributed by atoms with Gasteiger partial charge in [-0.15, -0.1) is 0 Å². The maximum absolute atomic E-state index is 9.02. The molecule has 0 spiro atoms. The highest BCUT2D eigenvalue weighted by atomic mass is 16.5. The average Bonchev–Trinajstić information content (AvgIpc) is 2.51. The minimum absolute atomic E-state index is 0.707. The zero-order chi connectivity index (χ0) is 11.0. The van der Waals surface area contributed by atoms with E-state index in [4.69, 9.17) is 10.00 Å². The van der Waals surface area contributed by atoms with Crippen LogP contribution >= 0.6 is 0 Å².